The molecule has 2 aromatic rings. The smallest absolute Gasteiger partial charge is 0.224 e. The first-order valence-electron chi connectivity index (χ1n) is 10.9. The average molecular weight is 555 g/mol. The van der Waals surface area contributed by atoms with E-state index in [4.69, 9.17) is 9.15 Å². The standard InChI is InChI=1S/C23H33N5O3.HI/c1-24-23(25-11-6-17-30-19-21-9-5-18-31-21)26-12-10-22(29)28-15-13-27(14-16-28)20-7-3-2-4-8-20;/h2-5,7-9,18H,6,10-17,19H2,1H3,(H2,24,25,26);1H. The topological polar surface area (TPSA) is 82.3 Å². The molecule has 0 spiro atoms. The number of rotatable bonds is 10. The molecule has 3 rings (SSSR count). The highest BCUT2D eigenvalue weighted by Gasteiger charge is 2.20. The van der Waals surface area contributed by atoms with Crippen LogP contribution in [0.2, 0.25) is 0 Å². The molecule has 0 bridgehead atoms. The molecule has 0 atom stereocenters. The number of halogens is 1. The fraction of sp³-hybridized carbons (Fsp3) is 0.478. The average Bonchev–Trinajstić information content (AvgIpc) is 3.34. The van der Waals surface area contributed by atoms with Gasteiger partial charge in [-0.1, -0.05) is 18.2 Å². The Balaban J connectivity index is 0.00000363. The Bertz CT molecular complexity index is 793. The molecule has 1 fully saturated rings. The van der Waals surface area contributed by atoms with Gasteiger partial charge >= 0.3 is 0 Å². The fourth-order valence-electron chi connectivity index (χ4n) is 3.47. The van der Waals surface area contributed by atoms with Gasteiger partial charge in [0, 0.05) is 65.0 Å². The number of para-hydroxylation sites is 1. The summed E-state index contributed by atoms with van der Waals surface area (Å²) in [6.45, 7) is 5.69. The van der Waals surface area contributed by atoms with Gasteiger partial charge in [-0.15, -0.1) is 24.0 Å². The molecule has 0 radical (unpaired) electrons. The molecule has 1 aliphatic heterocycles. The summed E-state index contributed by atoms with van der Waals surface area (Å²) in [6.07, 6.45) is 2.95. The van der Waals surface area contributed by atoms with Crippen LogP contribution in [-0.2, 0) is 16.1 Å². The third-order valence-corrected chi connectivity index (χ3v) is 5.19. The predicted molar refractivity (Wildman–Crippen MR) is 138 cm³/mol. The Kier molecular flexibility index (Phi) is 12.0. The molecular formula is C23H34IN5O3. The van der Waals surface area contributed by atoms with Gasteiger partial charge in [-0.3, -0.25) is 9.79 Å². The van der Waals surface area contributed by atoms with Crippen molar-refractivity contribution in [2.24, 2.45) is 4.99 Å². The minimum absolute atomic E-state index is 0. The molecule has 1 amide bonds. The Morgan fingerprint density at radius 2 is 1.81 bits per heavy atom. The van der Waals surface area contributed by atoms with Crippen LogP contribution in [0.15, 0.2) is 58.1 Å². The van der Waals surface area contributed by atoms with Gasteiger partial charge in [0.15, 0.2) is 5.96 Å². The van der Waals surface area contributed by atoms with Gasteiger partial charge in [0.05, 0.1) is 6.26 Å². The van der Waals surface area contributed by atoms with E-state index in [1.807, 2.05) is 35.2 Å². The summed E-state index contributed by atoms with van der Waals surface area (Å²) in [6, 6.07) is 14.1. The molecular weight excluding hydrogens is 521 g/mol. The second kappa shape index (κ2) is 14.7. The van der Waals surface area contributed by atoms with Crippen LogP contribution in [0.5, 0.6) is 0 Å². The van der Waals surface area contributed by atoms with E-state index in [1.54, 1.807) is 13.3 Å². The number of furan rings is 1. The first-order chi connectivity index (χ1) is 15.3. The second-order valence-corrected chi connectivity index (χ2v) is 7.36. The number of aliphatic imine (C=N–C) groups is 1. The third-order valence-electron chi connectivity index (χ3n) is 5.19. The molecule has 1 aromatic heterocycles. The molecule has 0 aliphatic carbocycles. The van der Waals surface area contributed by atoms with Crippen molar-refractivity contribution in [2.75, 3.05) is 57.8 Å². The van der Waals surface area contributed by atoms with Crippen molar-refractivity contribution >= 4 is 41.5 Å². The van der Waals surface area contributed by atoms with E-state index in [-0.39, 0.29) is 29.9 Å². The summed E-state index contributed by atoms with van der Waals surface area (Å²) in [4.78, 5) is 21.0. The van der Waals surface area contributed by atoms with E-state index in [0.717, 1.165) is 44.9 Å². The second-order valence-electron chi connectivity index (χ2n) is 7.36. The zero-order chi connectivity index (χ0) is 21.7. The maximum absolute atomic E-state index is 12.5. The summed E-state index contributed by atoms with van der Waals surface area (Å²) in [5.74, 6) is 1.71. The van der Waals surface area contributed by atoms with E-state index in [1.165, 1.54) is 5.69 Å². The van der Waals surface area contributed by atoms with Gasteiger partial charge < -0.3 is 29.6 Å². The van der Waals surface area contributed by atoms with Gasteiger partial charge in [-0.2, -0.15) is 0 Å². The van der Waals surface area contributed by atoms with E-state index in [9.17, 15) is 4.79 Å². The van der Waals surface area contributed by atoms with Crippen LogP contribution in [0.3, 0.4) is 0 Å². The van der Waals surface area contributed by atoms with Gasteiger partial charge in [-0.25, -0.2) is 0 Å². The number of amides is 1. The van der Waals surface area contributed by atoms with Crippen LogP contribution in [0.25, 0.3) is 0 Å². The van der Waals surface area contributed by atoms with Crippen molar-refractivity contribution in [1.29, 1.82) is 0 Å². The van der Waals surface area contributed by atoms with Crippen LogP contribution in [0.1, 0.15) is 18.6 Å². The van der Waals surface area contributed by atoms with Crippen molar-refractivity contribution in [3.8, 4) is 0 Å². The number of benzene rings is 1. The first-order valence-corrected chi connectivity index (χ1v) is 10.9. The summed E-state index contributed by atoms with van der Waals surface area (Å²) >= 11 is 0. The van der Waals surface area contributed by atoms with Crippen molar-refractivity contribution in [3.63, 3.8) is 0 Å². The minimum atomic E-state index is 0. The monoisotopic (exact) mass is 555 g/mol. The molecule has 0 saturated carbocycles. The van der Waals surface area contributed by atoms with Crippen LogP contribution in [0.4, 0.5) is 5.69 Å². The van der Waals surface area contributed by atoms with E-state index >= 15 is 0 Å². The fourth-order valence-corrected chi connectivity index (χ4v) is 3.47. The van der Waals surface area contributed by atoms with Gasteiger partial charge in [0.1, 0.15) is 12.4 Å². The van der Waals surface area contributed by atoms with Crippen LogP contribution >= 0.6 is 24.0 Å². The van der Waals surface area contributed by atoms with E-state index in [0.29, 0.717) is 32.1 Å². The third kappa shape index (κ3) is 8.70. The molecule has 2 heterocycles. The number of anilines is 1. The molecule has 1 aromatic carbocycles. The van der Waals surface area contributed by atoms with E-state index in [2.05, 4.69) is 32.7 Å². The highest BCUT2D eigenvalue weighted by molar-refractivity contribution is 14.0. The lowest BCUT2D eigenvalue weighted by Crippen LogP contribution is -2.49. The zero-order valence-electron chi connectivity index (χ0n) is 18.7. The van der Waals surface area contributed by atoms with Gasteiger partial charge in [0.2, 0.25) is 5.91 Å². The lowest BCUT2D eigenvalue weighted by molar-refractivity contribution is -0.131. The van der Waals surface area contributed by atoms with E-state index < -0.39 is 0 Å². The number of nitrogens with one attached hydrogen (secondary N) is 2. The molecule has 2 N–H and O–H groups in total. The van der Waals surface area contributed by atoms with Gasteiger partial charge in [0.25, 0.3) is 0 Å². The number of guanidine groups is 1. The summed E-state index contributed by atoms with van der Waals surface area (Å²) < 4.78 is 10.8. The molecule has 1 aliphatic rings. The van der Waals surface area contributed by atoms with Crippen molar-refractivity contribution < 1.29 is 13.9 Å². The molecule has 8 nitrogen and oxygen atoms in total. The summed E-state index contributed by atoms with van der Waals surface area (Å²) in [5, 5.41) is 6.46. The number of nitrogens with zero attached hydrogens (tertiary/aromatic N) is 3. The van der Waals surface area contributed by atoms with Crippen molar-refractivity contribution in [2.45, 2.75) is 19.4 Å². The number of carbonyl (C=O) groups excluding carboxylic acids is 1. The largest absolute Gasteiger partial charge is 0.467 e. The van der Waals surface area contributed by atoms with Crippen LogP contribution < -0.4 is 15.5 Å². The zero-order valence-corrected chi connectivity index (χ0v) is 21.0. The van der Waals surface area contributed by atoms with Crippen LogP contribution in [-0.4, -0.2) is 69.7 Å². The highest BCUT2D eigenvalue weighted by atomic mass is 127. The number of hydrogen-bond acceptors (Lipinski definition) is 5. The maximum atomic E-state index is 12.5. The Morgan fingerprint density at radius 1 is 1.06 bits per heavy atom. The maximum Gasteiger partial charge on any atom is 0.224 e. The molecule has 9 heteroatoms. The number of carbonyl (C=O) groups is 1. The molecule has 32 heavy (non-hydrogen) atoms. The Labute approximate surface area is 207 Å². The Hall–Kier alpha value is -2.27. The van der Waals surface area contributed by atoms with Crippen molar-refractivity contribution in [1.82, 2.24) is 15.5 Å². The number of ether oxygens (including phenoxy) is 1. The summed E-state index contributed by atoms with van der Waals surface area (Å²) in [5.41, 5.74) is 1.22. The van der Waals surface area contributed by atoms with Gasteiger partial charge in [-0.05, 0) is 30.7 Å². The Morgan fingerprint density at radius 3 is 2.50 bits per heavy atom. The molecule has 0 unspecified atom stereocenters. The lowest BCUT2D eigenvalue weighted by atomic mass is 10.2. The SMILES string of the molecule is CN=C(NCCCOCc1ccco1)NCCC(=O)N1CCN(c2ccccc2)CC1.I. The first kappa shape index (κ1) is 26.0. The summed E-state index contributed by atoms with van der Waals surface area (Å²) in [7, 11) is 1.73. The lowest BCUT2D eigenvalue weighted by Gasteiger charge is -2.36. The molecule has 176 valence electrons. The van der Waals surface area contributed by atoms with Crippen molar-refractivity contribution in [3.05, 3.63) is 54.5 Å². The normalized spacial score (nSPS) is 14.1. The predicted octanol–water partition coefficient (Wildman–Crippen LogP) is 2.71. The molecule has 1 saturated heterocycles. The number of piperazine rings is 1. The number of hydrogen-bond donors (Lipinski definition) is 2. The highest BCUT2D eigenvalue weighted by Crippen LogP contribution is 2.15. The minimum Gasteiger partial charge on any atom is -0.467 e. The quantitative estimate of drug-likeness (QED) is 0.203. The van der Waals surface area contributed by atoms with Crippen LogP contribution in [0, 0.1) is 0 Å².